The molecule has 2 heterocycles. The number of carboxylic acids is 1. The number of pyridine rings is 1. The molecule has 0 aliphatic carbocycles. The van der Waals surface area contributed by atoms with Gasteiger partial charge in [0.15, 0.2) is 11.5 Å². The Morgan fingerprint density at radius 1 is 1.09 bits per heavy atom. The third-order valence-electron chi connectivity index (χ3n) is 3.08. The van der Waals surface area contributed by atoms with Crippen molar-refractivity contribution >= 4 is 23.2 Å². The Labute approximate surface area is 130 Å². The van der Waals surface area contributed by atoms with E-state index in [4.69, 9.17) is 5.11 Å². The average molecular weight is 308 g/mol. The number of hydrogen-bond donors (Lipinski definition) is 2. The molecule has 0 atom stereocenters. The van der Waals surface area contributed by atoms with Gasteiger partial charge < -0.3 is 10.4 Å². The molecule has 0 bridgehead atoms. The molecule has 3 rings (SSSR count). The zero-order valence-electron chi connectivity index (χ0n) is 11.9. The first-order chi connectivity index (χ1) is 11.1. The molecule has 0 spiro atoms. The molecule has 0 saturated carbocycles. The normalized spacial score (nSPS) is 11.0. The topological polar surface area (TPSA) is 96.6 Å². The maximum absolute atomic E-state index is 11.6. The third-order valence-corrected chi connectivity index (χ3v) is 3.08. The second-order valence-electron chi connectivity index (χ2n) is 4.69. The summed E-state index contributed by atoms with van der Waals surface area (Å²) in [5.74, 6) is -1.04. The van der Waals surface area contributed by atoms with Gasteiger partial charge in [-0.05, 0) is 24.3 Å². The average Bonchev–Trinajstić information content (AvgIpc) is 2.97. The van der Waals surface area contributed by atoms with E-state index in [1.54, 1.807) is 18.2 Å². The number of carbonyl (C=O) groups excluding carboxylic acids is 1. The van der Waals surface area contributed by atoms with Crippen molar-refractivity contribution in [1.82, 2.24) is 14.6 Å². The second-order valence-corrected chi connectivity index (χ2v) is 4.69. The number of hydrogen-bond acceptors (Lipinski definition) is 4. The molecule has 23 heavy (non-hydrogen) atoms. The molecule has 0 aliphatic heterocycles. The van der Waals surface area contributed by atoms with Gasteiger partial charge in [0.1, 0.15) is 0 Å². The minimum Gasteiger partial charge on any atom is -0.478 e. The number of benzene rings is 1. The van der Waals surface area contributed by atoms with Crippen LogP contribution in [-0.4, -0.2) is 31.6 Å². The fourth-order valence-corrected chi connectivity index (χ4v) is 2.11. The van der Waals surface area contributed by atoms with E-state index in [1.807, 2.05) is 34.9 Å². The van der Waals surface area contributed by atoms with Crippen LogP contribution in [0.5, 0.6) is 0 Å². The molecular weight excluding hydrogens is 296 g/mol. The highest BCUT2D eigenvalue weighted by Gasteiger charge is 2.08. The van der Waals surface area contributed by atoms with E-state index in [0.29, 0.717) is 11.5 Å². The molecule has 7 heteroatoms. The first-order valence-corrected chi connectivity index (χ1v) is 6.76. The van der Waals surface area contributed by atoms with Crippen molar-refractivity contribution in [2.45, 2.75) is 0 Å². The van der Waals surface area contributed by atoms with Gasteiger partial charge in [-0.2, -0.15) is 0 Å². The molecule has 0 radical (unpaired) electrons. The first kappa shape index (κ1) is 14.5. The van der Waals surface area contributed by atoms with E-state index in [0.717, 1.165) is 23.4 Å². The summed E-state index contributed by atoms with van der Waals surface area (Å²) >= 11 is 0. The summed E-state index contributed by atoms with van der Waals surface area (Å²) in [7, 11) is 0. The zero-order chi connectivity index (χ0) is 16.2. The van der Waals surface area contributed by atoms with Crippen LogP contribution in [0.4, 0.5) is 5.69 Å². The van der Waals surface area contributed by atoms with Crippen LogP contribution < -0.4 is 5.32 Å². The minimum atomic E-state index is -1.18. The minimum absolute atomic E-state index is 0.518. The predicted molar refractivity (Wildman–Crippen MR) is 83.8 cm³/mol. The van der Waals surface area contributed by atoms with Gasteiger partial charge in [0, 0.05) is 29.6 Å². The number of aromatic nitrogens is 3. The van der Waals surface area contributed by atoms with E-state index >= 15 is 0 Å². The van der Waals surface area contributed by atoms with Crippen molar-refractivity contribution in [3.63, 3.8) is 0 Å². The number of aliphatic carboxylic acids is 1. The highest BCUT2D eigenvalue weighted by atomic mass is 16.4. The lowest BCUT2D eigenvalue weighted by molar-refractivity contribution is -0.131. The molecule has 7 nitrogen and oxygen atoms in total. The lowest BCUT2D eigenvalue weighted by Crippen LogP contribution is -2.08. The van der Waals surface area contributed by atoms with Gasteiger partial charge in [-0.3, -0.25) is 9.20 Å². The Bertz CT molecular complexity index is 914. The van der Waals surface area contributed by atoms with Gasteiger partial charge in [0.25, 0.3) is 0 Å². The molecule has 1 aromatic carbocycles. The summed E-state index contributed by atoms with van der Waals surface area (Å²) in [5, 5.41) is 19.4. The van der Waals surface area contributed by atoms with E-state index in [9.17, 15) is 9.59 Å². The fourth-order valence-electron chi connectivity index (χ4n) is 2.11. The van der Waals surface area contributed by atoms with Crippen LogP contribution in [0, 0.1) is 0 Å². The number of nitrogens with zero attached hydrogens (tertiary/aromatic N) is 3. The van der Waals surface area contributed by atoms with Gasteiger partial charge in [0.05, 0.1) is 0 Å². The number of carboxylic acid groups (broad SMARTS) is 1. The van der Waals surface area contributed by atoms with Crippen LogP contribution in [0.25, 0.3) is 17.0 Å². The van der Waals surface area contributed by atoms with Crippen LogP contribution in [0.2, 0.25) is 0 Å². The molecule has 0 fully saturated rings. The van der Waals surface area contributed by atoms with Crippen LogP contribution >= 0.6 is 0 Å². The summed E-state index contributed by atoms with van der Waals surface area (Å²) < 4.78 is 1.84. The predicted octanol–water partition coefficient (Wildman–Crippen LogP) is 1.98. The second kappa shape index (κ2) is 6.10. The first-order valence-electron chi connectivity index (χ1n) is 6.76. The van der Waals surface area contributed by atoms with Crippen molar-refractivity contribution in [3.8, 4) is 11.4 Å². The summed E-state index contributed by atoms with van der Waals surface area (Å²) in [6.45, 7) is 0. The number of anilines is 1. The summed E-state index contributed by atoms with van der Waals surface area (Å²) in [4.78, 5) is 22.0. The Balaban J connectivity index is 1.88. The molecule has 114 valence electrons. The quantitative estimate of drug-likeness (QED) is 0.718. The monoisotopic (exact) mass is 308 g/mol. The maximum atomic E-state index is 11.6. The standard InChI is InChI=1S/C16H12N4O3/c21-14(7-8-15(22)23)17-12-5-3-4-11(10-12)16-19-18-13-6-1-2-9-20(13)16/h1-10H,(H,17,21)(H,22,23)/b8-7+. The number of amides is 1. The van der Waals surface area contributed by atoms with Gasteiger partial charge in [-0.1, -0.05) is 18.2 Å². The molecular formula is C16H12N4O3. The molecule has 2 aromatic heterocycles. The summed E-state index contributed by atoms with van der Waals surface area (Å²) in [5.41, 5.74) is 2.04. The number of nitrogens with one attached hydrogen (secondary N) is 1. The number of fused-ring (bicyclic) bond motifs is 1. The highest BCUT2D eigenvalue weighted by molar-refractivity contribution is 6.02. The lowest BCUT2D eigenvalue weighted by atomic mass is 10.2. The van der Waals surface area contributed by atoms with Crippen LogP contribution in [0.3, 0.4) is 0 Å². The molecule has 0 unspecified atom stereocenters. The van der Waals surface area contributed by atoms with Crippen LogP contribution in [0.15, 0.2) is 60.8 Å². The van der Waals surface area contributed by atoms with E-state index in [2.05, 4.69) is 15.5 Å². The van der Waals surface area contributed by atoms with Gasteiger partial charge in [0.2, 0.25) is 5.91 Å². The van der Waals surface area contributed by atoms with Crippen LogP contribution in [-0.2, 0) is 9.59 Å². The SMILES string of the molecule is O=C(O)/C=C/C(=O)Nc1cccc(-c2nnc3ccccn23)c1. The molecule has 0 saturated heterocycles. The van der Waals surface area contributed by atoms with Gasteiger partial charge >= 0.3 is 5.97 Å². The Kier molecular flexibility index (Phi) is 3.84. The molecule has 0 aliphatic rings. The van der Waals surface area contributed by atoms with Gasteiger partial charge in [-0.25, -0.2) is 4.79 Å². The Hall–Kier alpha value is -3.48. The lowest BCUT2D eigenvalue weighted by Gasteiger charge is -2.05. The van der Waals surface area contributed by atoms with Crippen LogP contribution in [0.1, 0.15) is 0 Å². The number of carbonyl (C=O) groups is 2. The largest absolute Gasteiger partial charge is 0.478 e. The van der Waals surface area contributed by atoms with E-state index in [-0.39, 0.29) is 0 Å². The zero-order valence-corrected chi connectivity index (χ0v) is 11.9. The van der Waals surface area contributed by atoms with Crippen molar-refractivity contribution in [2.75, 3.05) is 5.32 Å². The number of rotatable bonds is 4. The van der Waals surface area contributed by atoms with E-state index < -0.39 is 11.9 Å². The molecule has 1 amide bonds. The smallest absolute Gasteiger partial charge is 0.328 e. The molecule has 2 N–H and O–H groups in total. The Morgan fingerprint density at radius 2 is 1.96 bits per heavy atom. The van der Waals surface area contributed by atoms with E-state index in [1.165, 1.54) is 0 Å². The van der Waals surface area contributed by atoms with Gasteiger partial charge in [-0.15, -0.1) is 10.2 Å². The maximum Gasteiger partial charge on any atom is 0.328 e. The third kappa shape index (κ3) is 3.24. The van der Waals surface area contributed by atoms with Crippen molar-refractivity contribution in [2.24, 2.45) is 0 Å². The summed E-state index contributed by atoms with van der Waals surface area (Å²) in [6.07, 6.45) is 3.60. The van der Waals surface area contributed by atoms with Crippen molar-refractivity contribution in [3.05, 3.63) is 60.8 Å². The Morgan fingerprint density at radius 3 is 2.78 bits per heavy atom. The fraction of sp³-hybridized carbons (Fsp3) is 0. The summed E-state index contributed by atoms with van der Waals surface area (Å²) in [6, 6.07) is 12.7. The highest BCUT2D eigenvalue weighted by Crippen LogP contribution is 2.21. The van der Waals surface area contributed by atoms with Crippen molar-refractivity contribution < 1.29 is 14.7 Å². The van der Waals surface area contributed by atoms with Crippen molar-refractivity contribution in [1.29, 1.82) is 0 Å². The molecule has 3 aromatic rings.